The number of likely N-dealkylation sites (tertiary alicyclic amines) is 1. The van der Waals surface area contributed by atoms with Crippen LogP contribution in [0.4, 0.5) is 0 Å². The lowest BCUT2D eigenvalue weighted by molar-refractivity contribution is -0.122. The van der Waals surface area contributed by atoms with E-state index in [0.717, 1.165) is 51.9 Å². The van der Waals surface area contributed by atoms with Crippen LogP contribution in [0.3, 0.4) is 0 Å². The van der Waals surface area contributed by atoms with Crippen LogP contribution in [0, 0.1) is 0 Å². The van der Waals surface area contributed by atoms with Crippen molar-refractivity contribution >= 4 is 5.91 Å². The van der Waals surface area contributed by atoms with Gasteiger partial charge in [0, 0.05) is 32.1 Å². The highest BCUT2D eigenvalue weighted by Gasteiger charge is 2.20. The van der Waals surface area contributed by atoms with Crippen molar-refractivity contribution in [2.24, 2.45) is 0 Å². The standard InChI is InChI=1S/C18H29N3O/c1-19-12-5-8-18(22)20-17-10-14-21(15-11-17)13-9-16-6-3-2-4-7-16/h2-4,6-7,17,19H,5,8-15H2,1H3,(H,20,22). The third-order valence-corrected chi connectivity index (χ3v) is 4.34. The van der Waals surface area contributed by atoms with Gasteiger partial charge in [-0.1, -0.05) is 30.3 Å². The Kier molecular flexibility index (Phi) is 7.40. The van der Waals surface area contributed by atoms with E-state index in [1.807, 2.05) is 7.05 Å². The SMILES string of the molecule is CNCCCC(=O)NC1CCN(CCc2ccccc2)CC1. The zero-order chi connectivity index (χ0) is 15.6. The Morgan fingerprint density at radius 1 is 1.23 bits per heavy atom. The van der Waals surface area contributed by atoms with E-state index in [4.69, 9.17) is 0 Å². The number of carbonyl (C=O) groups is 1. The van der Waals surface area contributed by atoms with Crippen LogP contribution in [0.5, 0.6) is 0 Å². The molecule has 1 aromatic carbocycles. The van der Waals surface area contributed by atoms with Gasteiger partial charge >= 0.3 is 0 Å². The Balaban J connectivity index is 1.60. The summed E-state index contributed by atoms with van der Waals surface area (Å²) in [6.07, 6.45) is 4.81. The van der Waals surface area contributed by atoms with Crippen LogP contribution < -0.4 is 10.6 Å². The molecule has 1 fully saturated rings. The fraction of sp³-hybridized carbons (Fsp3) is 0.611. The molecule has 1 aromatic rings. The number of amides is 1. The zero-order valence-electron chi connectivity index (χ0n) is 13.7. The number of hydrogen-bond donors (Lipinski definition) is 2. The van der Waals surface area contributed by atoms with Crippen LogP contribution in [0.15, 0.2) is 30.3 Å². The van der Waals surface area contributed by atoms with Crippen LogP contribution in [0.25, 0.3) is 0 Å². The van der Waals surface area contributed by atoms with Crippen LogP contribution in [0.2, 0.25) is 0 Å². The minimum atomic E-state index is 0.206. The van der Waals surface area contributed by atoms with E-state index in [0.29, 0.717) is 12.5 Å². The van der Waals surface area contributed by atoms with E-state index >= 15 is 0 Å². The van der Waals surface area contributed by atoms with Gasteiger partial charge in [-0.3, -0.25) is 4.79 Å². The van der Waals surface area contributed by atoms with E-state index in [1.54, 1.807) is 0 Å². The average Bonchev–Trinajstić information content (AvgIpc) is 2.55. The third-order valence-electron chi connectivity index (χ3n) is 4.34. The Morgan fingerprint density at radius 3 is 2.64 bits per heavy atom. The predicted octanol–water partition coefficient (Wildman–Crippen LogP) is 1.81. The maximum absolute atomic E-state index is 11.8. The molecule has 0 aliphatic carbocycles. The minimum Gasteiger partial charge on any atom is -0.353 e. The Labute approximate surface area is 134 Å². The molecule has 1 aliphatic rings. The van der Waals surface area contributed by atoms with Crippen molar-refractivity contribution in [1.82, 2.24) is 15.5 Å². The number of nitrogens with one attached hydrogen (secondary N) is 2. The molecule has 1 amide bonds. The van der Waals surface area contributed by atoms with E-state index in [-0.39, 0.29) is 5.91 Å². The molecule has 122 valence electrons. The fourth-order valence-corrected chi connectivity index (χ4v) is 2.96. The second-order valence-corrected chi connectivity index (χ2v) is 6.13. The van der Waals surface area contributed by atoms with Gasteiger partial charge in [-0.2, -0.15) is 0 Å². The Morgan fingerprint density at radius 2 is 1.95 bits per heavy atom. The first-order valence-electron chi connectivity index (χ1n) is 8.48. The normalized spacial score (nSPS) is 16.6. The smallest absolute Gasteiger partial charge is 0.220 e. The highest BCUT2D eigenvalue weighted by Crippen LogP contribution is 2.12. The molecule has 0 aromatic heterocycles. The zero-order valence-corrected chi connectivity index (χ0v) is 13.7. The van der Waals surface area contributed by atoms with E-state index in [9.17, 15) is 4.79 Å². The molecule has 2 rings (SSSR count). The lowest BCUT2D eigenvalue weighted by atomic mass is 10.0. The molecule has 0 unspecified atom stereocenters. The molecule has 1 saturated heterocycles. The molecule has 1 heterocycles. The molecule has 0 atom stereocenters. The van der Waals surface area contributed by atoms with Crippen LogP contribution in [-0.4, -0.2) is 50.1 Å². The molecule has 22 heavy (non-hydrogen) atoms. The second kappa shape index (κ2) is 9.59. The van der Waals surface area contributed by atoms with Crippen molar-refractivity contribution in [1.29, 1.82) is 0 Å². The first-order chi connectivity index (χ1) is 10.8. The minimum absolute atomic E-state index is 0.206. The summed E-state index contributed by atoms with van der Waals surface area (Å²) < 4.78 is 0. The van der Waals surface area contributed by atoms with Gasteiger partial charge in [0.2, 0.25) is 5.91 Å². The van der Waals surface area contributed by atoms with Gasteiger partial charge in [-0.25, -0.2) is 0 Å². The van der Waals surface area contributed by atoms with Gasteiger partial charge in [0.05, 0.1) is 0 Å². The molecule has 2 N–H and O–H groups in total. The van der Waals surface area contributed by atoms with Crippen molar-refractivity contribution in [3.8, 4) is 0 Å². The van der Waals surface area contributed by atoms with E-state index < -0.39 is 0 Å². The quantitative estimate of drug-likeness (QED) is 0.720. The highest BCUT2D eigenvalue weighted by molar-refractivity contribution is 5.76. The summed E-state index contributed by atoms with van der Waals surface area (Å²) >= 11 is 0. The molecule has 0 spiro atoms. The van der Waals surface area contributed by atoms with Crippen molar-refractivity contribution in [3.63, 3.8) is 0 Å². The first-order valence-corrected chi connectivity index (χ1v) is 8.48. The summed E-state index contributed by atoms with van der Waals surface area (Å²) in [5.41, 5.74) is 1.41. The fourth-order valence-electron chi connectivity index (χ4n) is 2.96. The molecule has 0 saturated carbocycles. The molecule has 1 aliphatic heterocycles. The van der Waals surface area contributed by atoms with Gasteiger partial charge in [0.25, 0.3) is 0 Å². The number of carbonyl (C=O) groups excluding carboxylic acids is 1. The maximum atomic E-state index is 11.8. The topological polar surface area (TPSA) is 44.4 Å². The Bertz CT molecular complexity index is 427. The van der Waals surface area contributed by atoms with Crippen LogP contribution in [-0.2, 0) is 11.2 Å². The number of piperidine rings is 1. The number of hydrogen-bond acceptors (Lipinski definition) is 3. The van der Waals surface area contributed by atoms with Crippen molar-refractivity contribution in [2.75, 3.05) is 33.2 Å². The summed E-state index contributed by atoms with van der Waals surface area (Å²) in [5, 5.41) is 6.25. The second-order valence-electron chi connectivity index (χ2n) is 6.13. The monoisotopic (exact) mass is 303 g/mol. The van der Waals surface area contributed by atoms with Crippen molar-refractivity contribution in [2.45, 2.75) is 38.1 Å². The summed E-state index contributed by atoms with van der Waals surface area (Å²) in [4.78, 5) is 14.3. The van der Waals surface area contributed by atoms with Crippen LogP contribution in [0.1, 0.15) is 31.2 Å². The first kappa shape index (κ1) is 17.0. The lowest BCUT2D eigenvalue weighted by Crippen LogP contribution is -2.45. The summed E-state index contributed by atoms with van der Waals surface area (Å²) in [6, 6.07) is 11.0. The average molecular weight is 303 g/mol. The summed E-state index contributed by atoms with van der Waals surface area (Å²) in [7, 11) is 1.92. The molecular weight excluding hydrogens is 274 g/mol. The van der Waals surface area contributed by atoms with Crippen LogP contribution >= 0.6 is 0 Å². The third kappa shape index (κ3) is 6.16. The summed E-state index contributed by atoms with van der Waals surface area (Å²) in [6.45, 7) is 4.21. The van der Waals surface area contributed by atoms with Gasteiger partial charge < -0.3 is 15.5 Å². The van der Waals surface area contributed by atoms with Gasteiger partial charge in [0.1, 0.15) is 0 Å². The molecular formula is C18H29N3O. The van der Waals surface area contributed by atoms with Crippen molar-refractivity contribution in [3.05, 3.63) is 35.9 Å². The molecule has 4 nitrogen and oxygen atoms in total. The molecule has 0 bridgehead atoms. The number of benzene rings is 1. The maximum Gasteiger partial charge on any atom is 0.220 e. The molecule has 0 radical (unpaired) electrons. The number of nitrogens with zero attached hydrogens (tertiary/aromatic N) is 1. The van der Waals surface area contributed by atoms with Gasteiger partial charge in [-0.15, -0.1) is 0 Å². The van der Waals surface area contributed by atoms with Gasteiger partial charge in [0.15, 0.2) is 0 Å². The van der Waals surface area contributed by atoms with E-state index in [2.05, 4.69) is 45.9 Å². The largest absolute Gasteiger partial charge is 0.353 e. The lowest BCUT2D eigenvalue weighted by Gasteiger charge is -2.32. The predicted molar refractivity (Wildman–Crippen MR) is 90.9 cm³/mol. The summed E-state index contributed by atoms with van der Waals surface area (Å²) in [5.74, 6) is 0.206. The number of rotatable bonds is 8. The molecule has 4 heteroatoms. The van der Waals surface area contributed by atoms with E-state index in [1.165, 1.54) is 5.56 Å². The van der Waals surface area contributed by atoms with Gasteiger partial charge in [-0.05, 0) is 44.8 Å². The highest BCUT2D eigenvalue weighted by atomic mass is 16.1. The Hall–Kier alpha value is -1.39. The van der Waals surface area contributed by atoms with Crippen molar-refractivity contribution < 1.29 is 4.79 Å².